The van der Waals surface area contributed by atoms with Gasteiger partial charge in [0.25, 0.3) is 0 Å². The number of nitrogens with one attached hydrogen (secondary N) is 2. The van der Waals surface area contributed by atoms with Crippen molar-refractivity contribution in [2.45, 2.75) is 77.2 Å². The molecule has 1 aliphatic heterocycles. The summed E-state index contributed by atoms with van der Waals surface area (Å²) in [6.07, 6.45) is 8.83. The number of Topliss-reactive ketones (excluding diaryl/α,β-unsaturated/α-hetero) is 1. The second-order valence-electron chi connectivity index (χ2n) is 8.51. The third kappa shape index (κ3) is 3.20. The summed E-state index contributed by atoms with van der Waals surface area (Å²) in [4.78, 5) is 25.3. The minimum Gasteiger partial charge on any atom is -0.326 e. The topological polar surface area (TPSA) is 58.2 Å². The number of amides is 1. The fourth-order valence-corrected chi connectivity index (χ4v) is 5.11. The molecule has 2 N–H and O–H groups in total. The maximum atomic E-state index is 13.3. The number of carbonyl (C=O) groups is 2. The van der Waals surface area contributed by atoms with Gasteiger partial charge in [0.15, 0.2) is 5.78 Å². The molecule has 1 aromatic carbocycles. The van der Waals surface area contributed by atoms with Crippen molar-refractivity contribution in [3.63, 3.8) is 0 Å². The first-order valence-electron chi connectivity index (χ1n) is 10.3. The van der Waals surface area contributed by atoms with Gasteiger partial charge < -0.3 is 10.6 Å². The van der Waals surface area contributed by atoms with Gasteiger partial charge >= 0.3 is 0 Å². The Balaban J connectivity index is 1.59. The van der Waals surface area contributed by atoms with Crippen LogP contribution in [0, 0.1) is 12.8 Å². The maximum Gasteiger partial charge on any atom is 0.224 e. The highest BCUT2D eigenvalue weighted by Crippen LogP contribution is 2.42. The van der Waals surface area contributed by atoms with E-state index in [1.54, 1.807) is 0 Å². The van der Waals surface area contributed by atoms with E-state index >= 15 is 0 Å². The molecule has 0 spiro atoms. The van der Waals surface area contributed by atoms with Gasteiger partial charge in [-0.3, -0.25) is 9.59 Å². The molecule has 4 nitrogen and oxygen atoms in total. The number of fused-ring (bicyclic) bond motifs is 3. The average Bonchev–Trinajstić information content (AvgIpc) is 2.62. The maximum absolute atomic E-state index is 13.3. The van der Waals surface area contributed by atoms with Crippen LogP contribution in [0.25, 0.3) is 0 Å². The van der Waals surface area contributed by atoms with E-state index in [-0.39, 0.29) is 23.5 Å². The molecule has 4 rings (SSSR count). The lowest BCUT2D eigenvalue weighted by Gasteiger charge is -2.33. The molecule has 1 fully saturated rings. The number of benzene rings is 1. The van der Waals surface area contributed by atoms with E-state index < -0.39 is 0 Å². The Morgan fingerprint density at radius 2 is 1.92 bits per heavy atom. The van der Waals surface area contributed by atoms with Crippen LogP contribution in [0.2, 0.25) is 0 Å². The second-order valence-corrected chi connectivity index (χ2v) is 8.51. The second kappa shape index (κ2) is 7.15. The molecule has 140 valence electrons. The van der Waals surface area contributed by atoms with Gasteiger partial charge in [-0.05, 0) is 55.2 Å². The van der Waals surface area contributed by atoms with E-state index in [0.717, 1.165) is 41.8 Å². The molecule has 1 amide bonds. The lowest BCUT2D eigenvalue weighted by atomic mass is 9.75. The molecule has 3 aliphatic rings. The molecule has 2 atom stereocenters. The van der Waals surface area contributed by atoms with Gasteiger partial charge in [0.05, 0.1) is 0 Å². The zero-order valence-corrected chi connectivity index (χ0v) is 16.0. The van der Waals surface area contributed by atoms with Crippen molar-refractivity contribution in [3.8, 4) is 0 Å². The van der Waals surface area contributed by atoms with Crippen LogP contribution in [-0.4, -0.2) is 24.3 Å². The van der Waals surface area contributed by atoms with Crippen LogP contribution in [0.15, 0.2) is 6.07 Å². The summed E-state index contributed by atoms with van der Waals surface area (Å²) < 4.78 is 0. The van der Waals surface area contributed by atoms with Gasteiger partial charge in [0.1, 0.15) is 0 Å². The molecule has 26 heavy (non-hydrogen) atoms. The third-order valence-electron chi connectivity index (χ3n) is 6.53. The van der Waals surface area contributed by atoms with Crippen molar-refractivity contribution in [1.29, 1.82) is 0 Å². The molecule has 0 bridgehead atoms. The summed E-state index contributed by atoms with van der Waals surface area (Å²) >= 11 is 0. The van der Waals surface area contributed by atoms with Gasteiger partial charge in [-0.25, -0.2) is 0 Å². The zero-order chi connectivity index (χ0) is 18.3. The monoisotopic (exact) mass is 354 g/mol. The lowest BCUT2D eigenvalue weighted by molar-refractivity contribution is -0.116. The number of hydrogen-bond donors (Lipinski definition) is 2. The molecule has 4 heteroatoms. The van der Waals surface area contributed by atoms with E-state index in [1.165, 1.54) is 37.7 Å². The highest BCUT2D eigenvalue weighted by Gasteiger charge is 2.35. The van der Waals surface area contributed by atoms with Gasteiger partial charge in [-0.2, -0.15) is 0 Å². The molecule has 0 radical (unpaired) electrons. The van der Waals surface area contributed by atoms with Crippen LogP contribution in [0.3, 0.4) is 0 Å². The number of carbonyl (C=O) groups excluding carboxylic acids is 2. The summed E-state index contributed by atoms with van der Waals surface area (Å²) in [5.74, 6) is 0.531. The van der Waals surface area contributed by atoms with Crippen LogP contribution in [-0.2, 0) is 11.2 Å². The third-order valence-corrected chi connectivity index (χ3v) is 6.53. The van der Waals surface area contributed by atoms with Crippen LogP contribution < -0.4 is 10.6 Å². The number of hydrogen-bond acceptors (Lipinski definition) is 3. The first-order chi connectivity index (χ1) is 12.5. The standard InChI is InChI=1S/C22H30N2O2/c1-13-11-18(25)24-21-14(2)10-15-8-9-16(22(26)20(15)19(13)21)12-23-17-6-4-3-5-7-17/h10,13,16-17,23H,3-9,11-12H2,1-2H3,(H,24,25). The summed E-state index contributed by atoms with van der Waals surface area (Å²) in [7, 11) is 0. The zero-order valence-electron chi connectivity index (χ0n) is 16.0. The van der Waals surface area contributed by atoms with E-state index in [2.05, 4.69) is 23.6 Å². The van der Waals surface area contributed by atoms with Gasteiger partial charge in [-0.1, -0.05) is 32.3 Å². The van der Waals surface area contributed by atoms with Crippen LogP contribution >= 0.6 is 0 Å². The predicted molar refractivity (Wildman–Crippen MR) is 104 cm³/mol. The van der Waals surface area contributed by atoms with E-state index in [0.29, 0.717) is 12.5 Å². The molecular formula is C22H30N2O2. The SMILES string of the molecule is Cc1cc2c(c3c1NC(=O)CC3C)C(=O)C(CNC1CCCCC1)CC2. The van der Waals surface area contributed by atoms with Crippen molar-refractivity contribution in [2.24, 2.45) is 5.92 Å². The predicted octanol–water partition coefficient (Wildman–Crippen LogP) is 4.11. The summed E-state index contributed by atoms with van der Waals surface area (Å²) in [6.45, 7) is 4.92. The Morgan fingerprint density at radius 3 is 2.69 bits per heavy atom. The minimum atomic E-state index is 0.0619. The number of ketones is 1. The molecule has 0 aromatic heterocycles. The molecule has 1 aromatic rings. The Morgan fingerprint density at radius 1 is 1.15 bits per heavy atom. The largest absolute Gasteiger partial charge is 0.326 e. The van der Waals surface area contributed by atoms with Crippen LogP contribution in [0.1, 0.15) is 84.8 Å². The van der Waals surface area contributed by atoms with Gasteiger partial charge in [0, 0.05) is 36.2 Å². The molecule has 2 aliphatic carbocycles. The first-order valence-corrected chi connectivity index (χ1v) is 10.3. The number of anilines is 1. The Hall–Kier alpha value is -1.68. The minimum absolute atomic E-state index is 0.0619. The fraction of sp³-hybridized carbons (Fsp3) is 0.636. The molecule has 1 saturated carbocycles. The Bertz CT molecular complexity index is 734. The van der Waals surface area contributed by atoms with Crippen molar-refractivity contribution < 1.29 is 9.59 Å². The van der Waals surface area contributed by atoms with Gasteiger partial charge in [0.2, 0.25) is 5.91 Å². The van der Waals surface area contributed by atoms with E-state index in [9.17, 15) is 9.59 Å². The summed E-state index contributed by atoms with van der Waals surface area (Å²) in [5, 5.41) is 6.69. The van der Waals surface area contributed by atoms with Crippen molar-refractivity contribution in [1.82, 2.24) is 5.32 Å². The molecule has 1 heterocycles. The lowest BCUT2D eigenvalue weighted by Crippen LogP contribution is -2.39. The van der Waals surface area contributed by atoms with E-state index in [4.69, 9.17) is 0 Å². The smallest absolute Gasteiger partial charge is 0.224 e. The first kappa shape index (κ1) is 17.7. The van der Waals surface area contributed by atoms with Crippen molar-refractivity contribution >= 4 is 17.4 Å². The van der Waals surface area contributed by atoms with Crippen LogP contribution in [0.5, 0.6) is 0 Å². The Labute approximate surface area is 156 Å². The Kier molecular flexibility index (Phi) is 4.87. The van der Waals surface area contributed by atoms with Crippen LogP contribution in [0.4, 0.5) is 5.69 Å². The summed E-state index contributed by atoms with van der Waals surface area (Å²) in [6, 6.07) is 2.71. The molecule has 2 unspecified atom stereocenters. The summed E-state index contributed by atoms with van der Waals surface area (Å²) in [5.41, 5.74) is 5.17. The van der Waals surface area contributed by atoms with E-state index in [1.807, 2.05) is 6.92 Å². The average molecular weight is 354 g/mol. The highest BCUT2D eigenvalue weighted by molar-refractivity contribution is 6.06. The van der Waals surface area contributed by atoms with Gasteiger partial charge in [-0.15, -0.1) is 0 Å². The number of aryl methyl sites for hydroxylation is 2. The normalized spacial score (nSPS) is 26.2. The quantitative estimate of drug-likeness (QED) is 0.859. The number of rotatable bonds is 3. The molecular weight excluding hydrogens is 324 g/mol. The fourth-order valence-electron chi connectivity index (χ4n) is 5.11. The van der Waals surface area contributed by atoms with Crippen molar-refractivity contribution in [2.75, 3.05) is 11.9 Å². The molecule has 0 saturated heterocycles. The van der Waals surface area contributed by atoms with Crippen molar-refractivity contribution in [3.05, 3.63) is 28.3 Å². The highest BCUT2D eigenvalue weighted by atomic mass is 16.1.